The summed E-state index contributed by atoms with van der Waals surface area (Å²) in [6, 6.07) is 6.67. The first kappa shape index (κ1) is 28.5. The van der Waals surface area contributed by atoms with Crippen LogP contribution >= 0.6 is 0 Å². The van der Waals surface area contributed by atoms with Crippen molar-refractivity contribution < 1.29 is 32.6 Å². The molecule has 1 saturated heterocycles. The average Bonchev–Trinajstić information content (AvgIpc) is 3.66. The van der Waals surface area contributed by atoms with Crippen molar-refractivity contribution in [3.05, 3.63) is 47.7 Å². The predicted molar refractivity (Wildman–Crippen MR) is 146 cm³/mol. The molecule has 13 heteroatoms. The van der Waals surface area contributed by atoms with Gasteiger partial charge < -0.3 is 20.1 Å². The SMILES string of the molecule is CC(C)(C)OC(=O)N(c1cccc(C(F)C(F)F)c1)c1cc(NC2CCCN(C(=O)O)C2)nc2c(C3CC3)cnn12. The molecule has 41 heavy (non-hydrogen) atoms. The number of carboxylic acid groups (broad SMARTS) is 1. The van der Waals surface area contributed by atoms with E-state index in [0.29, 0.717) is 30.9 Å². The fraction of sp³-hybridized carbons (Fsp3) is 0.500. The molecule has 2 fully saturated rings. The Balaban J connectivity index is 1.63. The molecule has 0 radical (unpaired) electrons. The lowest BCUT2D eigenvalue weighted by atomic mass is 10.1. The molecule has 2 unspecified atom stereocenters. The van der Waals surface area contributed by atoms with E-state index < -0.39 is 30.4 Å². The van der Waals surface area contributed by atoms with Gasteiger partial charge in [0.05, 0.1) is 11.9 Å². The molecule has 5 rings (SSSR count). The first-order chi connectivity index (χ1) is 19.4. The Bertz CT molecular complexity index is 1440. The van der Waals surface area contributed by atoms with E-state index in [-0.39, 0.29) is 35.6 Å². The van der Waals surface area contributed by atoms with Crippen LogP contribution in [0.25, 0.3) is 5.65 Å². The number of piperidine rings is 1. The molecule has 3 aromatic rings. The lowest BCUT2D eigenvalue weighted by Crippen LogP contribution is -2.44. The fourth-order valence-corrected chi connectivity index (χ4v) is 4.98. The number of carbonyl (C=O) groups is 2. The Morgan fingerprint density at radius 1 is 1.17 bits per heavy atom. The maximum absolute atomic E-state index is 14.4. The number of alkyl halides is 3. The van der Waals surface area contributed by atoms with E-state index in [1.165, 1.54) is 38.6 Å². The lowest BCUT2D eigenvalue weighted by molar-refractivity contribution is 0.0496. The van der Waals surface area contributed by atoms with Crippen molar-refractivity contribution in [2.45, 2.75) is 76.6 Å². The second-order valence-corrected chi connectivity index (χ2v) is 11.5. The predicted octanol–water partition coefficient (Wildman–Crippen LogP) is 6.51. The standard InChI is InChI=1S/C28H33F3N6O4/c1-28(2,3)41-27(40)36(19-8-4-6-17(12-19)23(29)24(30)31)22-13-21(33-18-7-5-11-35(15-18)26(38)39)34-25-20(16-9-10-16)14-32-37(22)25/h4,6,8,12-14,16,18,23-24H,5,7,9-11,15H2,1-3H3,(H,33,34)(H,38,39). The number of hydrogen-bond acceptors (Lipinski definition) is 6. The van der Waals surface area contributed by atoms with Gasteiger partial charge in [-0.2, -0.15) is 9.61 Å². The number of rotatable bonds is 7. The first-order valence-corrected chi connectivity index (χ1v) is 13.6. The minimum absolute atomic E-state index is 0.108. The Morgan fingerprint density at radius 3 is 2.59 bits per heavy atom. The fourth-order valence-electron chi connectivity index (χ4n) is 4.98. The van der Waals surface area contributed by atoms with Gasteiger partial charge in [0.25, 0.3) is 6.43 Å². The van der Waals surface area contributed by atoms with Crippen molar-refractivity contribution in [2.24, 2.45) is 0 Å². The van der Waals surface area contributed by atoms with E-state index in [1.54, 1.807) is 33.0 Å². The quantitative estimate of drug-likeness (QED) is 0.331. The van der Waals surface area contributed by atoms with E-state index >= 15 is 0 Å². The van der Waals surface area contributed by atoms with Crippen molar-refractivity contribution >= 4 is 35.2 Å². The van der Waals surface area contributed by atoms with Gasteiger partial charge >= 0.3 is 12.2 Å². The molecule has 2 aromatic heterocycles. The summed E-state index contributed by atoms with van der Waals surface area (Å²) in [6.07, 6.45) is -2.59. The number of fused-ring (bicyclic) bond motifs is 1. The zero-order valence-electron chi connectivity index (χ0n) is 23.1. The highest BCUT2D eigenvalue weighted by Crippen LogP contribution is 2.43. The number of anilines is 3. The van der Waals surface area contributed by atoms with E-state index in [2.05, 4.69) is 10.4 Å². The highest BCUT2D eigenvalue weighted by Gasteiger charge is 2.33. The molecule has 2 N–H and O–H groups in total. The Hall–Kier alpha value is -4.03. The third-order valence-electron chi connectivity index (χ3n) is 7.01. The molecule has 220 valence electrons. The summed E-state index contributed by atoms with van der Waals surface area (Å²) in [5, 5.41) is 17.3. The average molecular weight is 575 g/mol. The number of carbonyl (C=O) groups excluding carboxylic acids is 1. The number of hydrogen-bond donors (Lipinski definition) is 2. The monoisotopic (exact) mass is 574 g/mol. The van der Waals surface area contributed by atoms with Crippen LogP contribution in [0.1, 0.15) is 69.7 Å². The van der Waals surface area contributed by atoms with Crippen molar-refractivity contribution in [3.63, 3.8) is 0 Å². The largest absolute Gasteiger partial charge is 0.465 e. The van der Waals surface area contributed by atoms with Crippen LogP contribution in [0.4, 0.5) is 40.1 Å². The van der Waals surface area contributed by atoms with Gasteiger partial charge in [-0.05, 0) is 70.1 Å². The number of nitrogens with one attached hydrogen (secondary N) is 1. The maximum Gasteiger partial charge on any atom is 0.420 e. The van der Waals surface area contributed by atoms with Crippen molar-refractivity contribution in [1.82, 2.24) is 19.5 Å². The first-order valence-electron chi connectivity index (χ1n) is 13.6. The molecule has 2 atom stereocenters. The molecule has 10 nitrogen and oxygen atoms in total. The van der Waals surface area contributed by atoms with Crippen molar-refractivity contribution in [3.8, 4) is 0 Å². The minimum Gasteiger partial charge on any atom is -0.465 e. The molecule has 0 bridgehead atoms. The number of likely N-dealkylation sites (tertiary alicyclic amines) is 1. The Morgan fingerprint density at radius 2 is 1.93 bits per heavy atom. The topological polar surface area (TPSA) is 112 Å². The van der Waals surface area contributed by atoms with Crippen molar-refractivity contribution in [1.29, 1.82) is 0 Å². The number of aromatic nitrogens is 3. The summed E-state index contributed by atoms with van der Waals surface area (Å²) in [7, 11) is 0. The van der Waals surface area contributed by atoms with E-state index in [4.69, 9.17) is 9.72 Å². The summed E-state index contributed by atoms with van der Waals surface area (Å²) < 4.78 is 48.0. The van der Waals surface area contributed by atoms with Crippen LogP contribution in [0.5, 0.6) is 0 Å². The maximum atomic E-state index is 14.4. The number of amides is 2. The lowest BCUT2D eigenvalue weighted by Gasteiger charge is -2.32. The summed E-state index contributed by atoms with van der Waals surface area (Å²) in [5.74, 6) is 0.846. The van der Waals surface area contributed by atoms with Gasteiger partial charge in [0.2, 0.25) is 0 Å². The van der Waals surface area contributed by atoms with Gasteiger partial charge in [0, 0.05) is 30.8 Å². The van der Waals surface area contributed by atoms with Crippen LogP contribution in [0.3, 0.4) is 0 Å². The highest BCUT2D eigenvalue weighted by molar-refractivity contribution is 5.96. The molecular weight excluding hydrogens is 541 g/mol. The Labute approximate surface area is 235 Å². The number of ether oxygens (including phenoxy) is 1. The third kappa shape index (κ3) is 6.33. The normalized spacial score (nSPS) is 18.4. The molecule has 2 amide bonds. The van der Waals surface area contributed by atoms with E-state index in [0.717, 1.165) is 18.4 Å². The zero-order valence-corrected chi connectivity index (χ0v) is 23.1. The molecule has 1 saturated carbocycles. The summed E-state index contributed by atoms with van der Waals surface area (Å²) in [5.41, 5.74) is 0.308. The summed E-state index contributed by atoms with van der Waals surface area (Å²) >= 11 is 0. The van der Waals surface area contributed by atoms with Crippen LogP contribution in [0, 0.1) is 0 Å². The van der Waals surface area contributed by atoms with Gasteiger partial charge in [-0.25, -0.2) is 32.6 Å². The summed E-state index contributed by atoms with van der Waals surface area (Å²) in [4.78, 5) is 32.6. The van der Waals surface area contributed by atoms with Gasteiger partial charge in [-0.1, -0.05) is 12.1 Å². The molecule has 1 aliphatic heterocycles. The van der Waals surface area contributed by atoms with Crippen LogP contribution in [-0.2, 0) is 4.74 Å². The van der Waals surface area contributed by atoms with Gasteiger partial charge in [-0.3, -0.25) is 0 Å². The second kappa shape index (κ2) is 11.1. The second-order valence-electron chi connectivity index (χ2n) is 11.5. The molecule has 3 heterocycles. The Kier molecular flexibility index (Phi) is 7.71. The molecular formula is C28H33F3N6O4. The van der Waals surface area contributed by atoms with Crippen LogP contribution in [0.15, 0.2) is 36.5 Å². The molecule has 2 aliphatic rings. The third-order valence-corrected chi connectivity index (χ3v) is 7.01. The zero-order chi connectivity index (χ0) is 29.5. The number of nitrogens with zero attached hydrogens (tertiary/aromatic N) is 5. The van der Waals surface area contributed by atoms with Crippen LogP contribution in [-0.4, -0.2) is 67.9 Å². The van der Waals surface area contributed by atoms with E-state index in [9.17, 15) is 27.9 Å². The van der Waals surface area contributed by atoms with Gasteiger partial charge in [0.15, 0.2) is 11.8 Å². The van der Waals surface area contributed by atoms with Crippen LogP contribution < -0.4 is 10.2 Å². The number of benzene rings is 1. The minimum atomic E-state index is -3.24. The summed E-state index contributed by atoms with van der Waals surface area (Å²) in [6.45, 7) is 5.78. The van der Waals surface area contributed by atoms with Gasteiger partial charge in [-0.15, -0.1) is 0 Å². The highest BCUT2D eigenvalue weighted by atomic mass is 19.3. The van der Waals surface area contributed by atoms with Gasteiger partial charge in [0.1, 0.15) is 17.2 Å². The number of halogens is 3. The van der Waals surface area contributed by atoms with Crippen molar-refractivity contribution in [2.75, 3.05) is 23.3 Å². The van der Waals surface area contributed by atoms with Crippen LogP contribution in [0.2, 0.25) is 0 Å². The molecule has 1 aliphatic carbocycles. The molecule has 0 spiro atoms. The molecule has 1 aromatic carbocycles. The van der Waals surface area contributed by atoms with E-state index in [1.807, 2.05) is 0 Å². The smallest absolute Gasteiger partial charge is 0.420 e.